The van der Waals surface area contributed by atoms with Gasteiger partial charge in [-0.3, -0.25) is 4.99 Å². The highest BCUT2D eigenvalue weighted by Crippen LogP contribution is 2.36. The van der Waals surface area contributed by atoms with Crippen molar-refractivity contribution in [3.8, 4) is 23.1 Å². The molecule has 0 saturated heterocycles. The third-order valence-corrected chi connectivity index (χ3v) is 7.12. The Kier molecular flexibility index (Phi) is 12.9. The number of rotatable bonds is 5. The van der Waals surface area contributed by atoms with Gasteiger partial charge >= 0.3 is 0 Å². The van der Waals surface area contributed by atoms with E-state index in [-0.39, 0.29) is 0 Å². The van der Waals surface area contributed by atoms with Gasteiger partial charge in [-0.15, -0.1) is 5.92 Å². The van der Waals surface area contributed by atoms with Crippen molar-refractivity contribution < 1.29 is 8.98 Å². The highest BCUT2D eigenvalue weighted by atomic mass is 16.3. The van der Waals surface area contributed by atoms with E-state index in [9.17, 15) is 0 Å². The smallest absolute Gasteiger partial charge is 0.227 e. The Balaban J connectivity index is 0.000000209. The molecule has 0 N–H and O–H groups in total. The van der Waals surface area contributed by atoms with Crippen LogP contribution < -0.4 is 4.57 Å². The molecule has 222 valence electrons. The number of nitrogens with zero attached hydrogens (tertiary/aromatic N) is 3. The summed E-state index contributed by atoms with van der Waals surface area (Å²) in [7, 11) is 2.05. The van der Waals surface area contributed by atoms with Gasteiger partial charge in [0.25, 0.3) is 0 Å². The lowest BCUT2D eigenvalue weighted by atomic mass is 9.89. The summed E-state index contributed by atoms with van der Waals surface area (Å²) in [6, 6.07) is 14.6. The van der Waals surface area contributed by atoms with E-state index in [1.165, 1.54) is 24.0 Å². The van der Waals surface area contributed by atoms with E-state index in [0.717, 1.165) is 45.4 Å². The van der Waals surface area contributed by atoms with Crippen LogP contribution in [0.3, 0.4) is 0 Å². The minimum atomic E-state index is 0.314. The van der Waals surface area contributed by atoms with Crippen molar-refractivity contribution in [1.29, 1.82) is 0 Å². The van der Waals surface area contributed by atoms with Gasteiger partial charge in [0.1, 0.15) is 7.05 Å². The van der Waals surface area contributed by atoms with Crippen LogP contribution in [0.1, 0.15) is 65.1 Å². The number of aryl methyl sites for hydroxylation is 3. The molecule has 1 atom stereocenters. The van der Waals surface area contributed by atoms with Gasteiger partial charge in [0.05, 0.1) is 11.5 Å². The molecular weight excluding hydrogens is 526 g/mol. The Morgan fingerprint density at radius 2 is 1.81 bits per heavy atom. The molecule has 0 amide bonds. The minimum Gasteiger partial charge on any atom is -0.437 e. The molecule has 1 unspecified atom stereocenters. The number of benzene rings is 1. The average Bonchev–Trinajstić information content (AvgIpc) is 3.38. The van der Waals surface area contributed by atoms with Crippen LogP contribution in [-0.4, -0.2) is 10.7 Å². The third kappa shape index (κ3) is 8.75. The Labute approximate surface area is 258 Å². The average molecular weight is 573 g/mol. The van der Waals surface area contributed by atoms with Crippen LogP contribution in [0.5, 0.6) is 0 Å². The summed E-state index contributed by atoms with van der Waals surface area (Å²) >= 11 is 0. The molecule has 4 nitrogen and oxygen atoms in total. The zero-order valence-electron chi connectivity index (χ0n) is 27.1. The SMILES string of the molecule is CC#CC1CC=CC=C1C(C)=N/C=C\C.CCC=CCC.Cc1ccc2c(n1)oc1c(-c3cccc[n+]3C)c(C)ccc12. The fourth-order valence-corrected chi connectivity index (χ4v) is 4.92. The number of furan rings is 1. The zero-order chi connectivity index (χ0) is 31.2. The Morgan fingerprint density at radius 3 is 2.49 bits per heavy atom. The van der Waals surface area contributed by atoms with Crippen LogP contribution >= 0.6 is 0 Å². The highest BCUT2D eigenvalue weighted by Gasteiger charge is 2.20. The maximum atomic E-state index is 6.13. The number of aromatic nitrogens is 2. The summed E-state index contributed by atoms with van der Waals surface area (Å²) in [6.45, 7) is 14.3. The molecule has 3 heterocycles. The number of hydrogen-bond acceptors (Lipinski definition) is 3. The van der Waals surface area contributed by atoms with Crippen LogP contribution in [0.4, 0.5) is 0 Å². The zero-order valence-corrected chi connectivity index (χ0v) is 27.1. The van der Waals surface area contributed by atoms with Crippen molar-refractivity contribution in [2.45, 2.75) is 67.7 Å². The summed E-state index contributed by atoms with van der Waals surface area (Å²) < 4.78 is 8.25. The molecule has 1 aromatic carbocycles. The summed E-state index contributed by atoms with van der Waals surface area (Å²) in [5.74, 6) is 6.51. The third-order valence-electron chi connectivity index (χ3n) is 7.12. The van der Waals surface area contributed by atoms with E-state index < -0.39 is 0 Å². The lowest BCUT2D eigenvalue weighted by Gasteiger charge is -2.15. The molecule has 3 aromatic heterocycles. The molecule has 4 aromatic rings. The second-order valence-electron chi connectivity index (χ2n) is 10.5. The first-order chi connectivity index (χ1) is 20.9. The number of pyridine rings is 2. The van der Waals surface area contributed by atoms with Crippen LogP contribution in [0.15, 0.2) is 106 Å². The van der Waals surface area contributed by atoms with E-state index in [1.807, 2.05) is 52.1 Å². The number of allylic oxidation sites excluding steroid dienone is 7. The largest absolute Gasteiger partial charge is 0.437 e. The summed E-state index contributed by atoms with van der Waals surface area (Å²) in [5.41, 5.74) is 8.36. The predicted molar refractivity (Wildman–Crippen MR) is 184 cm³/mol. The molecule has 1 aliphatic rings. The van der Waals surface area contributed by atoms with Crippen LogP contribution in [-0.2, 0) is 7.05 Å². The minimum absolute atomic E-state index is 0.314. The van der Waals surface area contributed by atoms with E-state index in [0.29, 0.717) is 11.6 Å². The van der Waals surface area contributed by atoms with Gasteiger partial charge in [-0.05, 0) is 83.2 Å². The van der Waals surface area contributed by atoms with Crippen molar-refractivity contribution in [1.82, 2.24) is 4.98 Å². The van der Waals surface area contributed by atoms with Gasteiger partial charge in [0, 0.05) is 40.5 Å². The maximum absolute atomic E-state index is 6.13. The van der Waals surface area contributed by atoms with Crippen molar-refractivity contribution in [2.75, 3.05) is 0 Å². The standard InChI is InChI=1S/C19H17N2O.C14H17N.C6H12/c1-12-7-9-14-15-10-8-13(2)20-19(15)22-18(14)17(12)16-6-4-5-11-21(16)3;1-4-8-13-9-6-7-10-14(13)12(3)15-11-5-2;1-3-5-6-4-2/h4-11H,1-3H3;5-7,10-11,13H,9H2,1-3H3;5-6H,3-4H2,1-2H3/q+1;;/b;11-5-,15-12?;. The van der Waals surface area contributed by atoms with Crippen molar-refractivity contribution in [3.05, 3.63) is 108 Å². The van der Waals surface area contributed by atoms with E-state index >= 15 is 0 Å². The lowest BCUT2D eigenvalue weighted by Crippen LogP contribution is -2.30. The summed E-state index contributed by atoms with van der Waals surface area (Å²) in [6.07, 6.45) is 19.9. The second kappa shape index (κ2) is 16.8. The molecule has 0 spiro atoms. The molecule has 0 radical (unpaired) electrons. The van der Waals surface area contributed by atoms with Gasteiger partial charge < -0.3 is 4.42 Å². The van der Waals surface area contributed by atoms with Crippen molar-refractivity contribution in [2.24, 2.45) is 18.0 Å². The van der Waals surface area contributed by atoms with Gasteiger partial charge in [-0.1, -0.05) is 68.4 Å². The molecular formula is C39H46N3O+. The van der Waals surface area contributed by atoms with Gasteiger partial charge in [0.15, 0.2) is 11.8 Å². The number of hydrogen-bond donors (Lipinski definition) is 0. The number of fused-ring (bicyclic) bond motifs is 3. The molecule has 0 fully saturated rings. The lowest BCUT2D eigenvalue weighted by molar-refractivity contribution is -0.660. The van der Waals surface area contributed by atoms with Crippen molar-refractivity contribution in [3.63, 3.8) is 0 Å². The second-order valence-corrected chi connectivity index (χ2v) is 10.5. The molecule has 4 heteroatoms. The summed E-state index contributed by atoms with van der Waals surface area (Å²) in [5, 5.41) is 2.19. The highest BCUT2D eigenvalue weighted by molar-refractivity contribution is 6.08. The van der Waals surface area contributed by atoms with Crippen LogP contribution in [0, 0.1) is 31.6 Å². The van der Waals surface area contributed by atoms with Crippen LogP contribution in [0.2, 0.25) is 0 Å². The van der Waals surface area contributed by atoms with E-state index in [4.69, 9.17) is 4.42 Å². The molecule has 1 aliphatic carbocycles. The fourth-order valence-electron chi connectivity index (χ4n) is 4.92. The topological polar surface area (TPSA) is 42.3 Å². The first-order valence-corrected chi connectivity index (χ1v) is 15.2. The first kappa shape index (κ1) is 33.0. The molecule has 5 rings (SSSR count). The molecule has 0 saturated carbocycles. The van der Waals surface area contributed by atoms with Crippen LogP contribution in [0.25, 0.3) is 33.3 Å². The van der Waals surface area contributed by atoms with Gasteiger partial charge in [-0.25, -0.2) is 9.55 Å². The summed E-state index contributed by atoms with van der Waals surface area (Å²) in [4.78, 5) is 8.89. The normalized spacial score (nSPS) is 14.7. The Hall–Kier alpha value is -4.49. The Bertz CT molecular complexity index is 1730. The van der Waals surface area contributed by atoms with Gasteiger partial charge in [0.2, 0.25) is 11.4 Å². The van der Waals surface area contributed by atoms with E-state index in [1.54, 1.807) is 0 Å². The van der Waals surface area contributed by atoms with E-state index in [2.05, 4.69) is 121 Å². The molecule has 0 aliphatic heterocycles. The monoisotopic (exact) mass is 572 g/mol. The number of aliphatic imine (C=N–C) groups is 1. The van der Waals surface area contributed by atoms with Gasteiger partial charge in [-0.2, -0.15) is 0 Å². The fraction of sp³-hybridized carbons (Fsp3) is 0.308. The quantitative estimate of drug-likeness (QED) is 0.103. The maximum Gasteiger partial charge on any atom is 0.227 e. The Morgan fingerprint density at radius 1 is 1.07 bits per heavy atom. The first-order valence-electron chi connectivity index (χ1n) is 15.2. The molecule has 0 bridgehead atoms. The molecule has 43 heavy (non-hydrogen) atoms. The predicted octanol–water partition coefficient (Wildman–Crippen LogP) is 9.96. The van der Waals surface area contributed by atoms with Crippen molar-refractivity contribution >= 4 is 27.8 Å².